The molecule has 16 heteroatoms. The summed E-state index contributed by atoms with van der Waals surface area (Å²) in [6.07, 6.45) is 11.4. The summed E-state index contributed by atoms with van der Waals surface area (Å²) in [5.74, 6) is -8.08. The van der Waals surface area contributed by atoms with Crippen LogP contribution >= 0.6 is 7.37 Å². The van der Waals surface area contributed by atoms with Crippen molar-refractivity contribution >= 4 is 36.6 Å². The second-order valence-corrected chi connectivity index (χ2v) is 23.6. The van der Waals surface area contributed by atoms with Gasteiger partial charge in [0, 0.05) is 71.8 Å². The lowest BCUT2D eigenvalue weighted by atomic mass is 9.78. The SMILES string of the molecule is CO[C@H]1C[C@@H]2CC[C@@H](C)[C@@](O)(O2)C(=O)C(=O)N2CCCCC2C(=O)OC([C@H](C)CC2CC[C@@H](OP(C)(C)=O)[C@H](OC)C2)CC(=O)C(C)=CC(C)[C@@H](O)[C@@H](OC)C(=O)[C@H](C)C[C@H](C)C=CC=CC=C1C. The number of allylic oxidation sites excluding steroid dienone is 6. The van der Waals surface area contributed by atoms with E-state index in [-0.39, 0.29) is 60.9 Å². The van der Waals surface area contributed by atoms with Crippen molar-refractivity contribution in [2.75, 3.05) is 41.2 Å². The third-order valence-electron chi connectivity index (χ3n) is 14.9. The molecule has 4 aliphatic rings. The lowest BCUT2D eigenvalue weighted by molar-refractivity contribution is -0.265. The smallest absolute Gasteiger partial charge is 0.329 e. The maximum Gasteiger partial charge on any atom is 0.329 e. The Morgan fingerprint density at radius 3 is 2.23 bits per heavy atom. The number of carbonyl (C=O) groups is 5. The molecule has 0 aromatic heterocycles. The largest absolute Gasteiger partial charge is 0.460 e. The highest BCUT2D eigenvalue weighted by atomic mass is 31.2. The van der Waals surface area contributed by atoms with Gasteiger partial charge >= 0.3 is 5.97 Å². The number of cyclic esters (lactones) is 1. The number of fused-ring (bicyclic) bond motifs is 3. The highest BCUT2D eigenvalue weighted by Crippen LogP contribution is 2.45. The van der Waals surface area contributed by atoms with Gasteiger partial charge in [0.05, 0.1) is 30.5 Å². The summed E-state index contributed by atoms with van der Waals surface area (Å²) >= 11 is 0. The van der Waals surface area contributed by atoms with E-state index < -0.39 is 85.1 Å². The van der Waals surface area contributed by atoms with Gasteiger partial charge in [-0.05, 0) is 107 Å². The van der Waals surface area contributed by atoms with Crippen LogP contribution in [0.2, 0.25) is 0 Å². The number of esters is 1. The Morgan fingerprint density at radius 1 is 0.870 bits per heavy atom. The van der Waals surface area contributed by atoms with Crippen molar-refractivity contribution in [1.29, 1.82) is 0 Å². The van der Waals surface area contributed by atoms with Crippen LogP contribution in [0.4, 0.5) is 0 Å². The second kappa shape index (κ2) is 26.5. The van der Waals surface area contributed by atoms with E-state index in [4.69, 9.17) is 28.2 Å². The molecule has 390 valence electrons. The average molecular weight is 990 g/mol. The van der Waals surface area contributed by atoms with E-state index in [1.54, 1.807) is 54.4 Å². The molecule has 3 aliphatic heterocycles. The number of rotatable bonds is 8. The fourth-order valence-electron chi connectivity index (χ4n) is 10.6. The summed E-state index contributed by atoms with van der Waals surface area (Å²) in [4.78, 5) is 72.2. The number of hydrogen-bond donors (Lipinski definition) is 2. The van der Waals surface area contributed by atoms with Crippen LogP contribution in [0.3, 0.4) is 0 Å². The monoisotopic (exact) mass is 990 g/mol. The van der Waals surface area contributed by atoms with Gasteiger partial charge in [-0.1, -0.05) is 71.1 Å². The first kappa shape index (κ1) is 58.4. The third-order valence-corrected chi connectivity index (χ3v) is 15.6. The molecule has 0 spiro atoms. The van der Waals surface area contributed by atoms with Crippen LogP contribution in [0, 0.1) is 35.5 Å². The summed E-state index contributed by atoms with van der Waals surface area (Å²) in [6.45, 7) is 15.9. The van der Waals surface area contributed by atoms with E-state index >= 15 is 0 Å². The minimum Gasteiger partial charge on any atom is -0.460 e. The molecule has 3 heterocycles. The Kier molecular flexibility index (Phi) is 22.5. The molecule has 3 fully saturated rings. The number of carbonyl (C=O) groups excluding carboxylic acids is 5. The summed E-state index contributed by atoms with van der Waals surface area (Å²) in [6, 6.07) is -1.16. The Bertz CT molecular complexity index is 1940. The fraction of sp³-hybridized carbons (Fsp3) is 0.755. The maximum atomic E-state index is 14.5. The molecule has 1 saturated carbocycles. The number of ketones is 3. The highest BCUT2D eigenvalue weighted by Gasteiger charge is 2.53. The van der Waals surface area contributed by atoms with Crippen LogP contribution in [0.1, 0.15) is 126 Å². The molecule has 1 amide bonds. The number of methoxy groups -OCH3 is 3. The van der Waals surface area contributed by atoms with Crippen molar-refractivity contribution in [3.63, 3.8) is 0 Å². The number of nitrogens with zero attached hydrogens (tertiary/aromatic N) is 1. The Balaban J connectivity index is 1.70. The quantitative estimate of drug-likeness (QED) is 0.136. The first-order chi connectivity index (χ1) is 32.4. The summed E-state index contributed by atoms with van der Waals surface area (Å²) in [5.41, 5.74) is 1.18. The molecule has 2 N–H and O–H groups in total. The molecule has 0 aromatic carbocycles. The van der Waals surface area contributed by atoms with E-state index in [2.05, 4.69) is 0 Å². The van der Waals surface area contributed by atoms with Gasteiger partial charge in [-0.2, -0.15) is 0 Å². The van der Waals surface area contributed by atoms with E-state index in [0.29, 0.717) is 63.4 Å². The van der Waals surface area contributed by atoms with Crippen molar-refractivity contribution in [3.8, 4) is 0 Å². The fourth-order valence-corrected chi connectivity index (χ4v) is 11.5. The van der Waals surface area contributed by atoms with Gasteiger partial charge in [-0.15, -0.1) is 0 Å². The Labute approximate surface area is 411 Å². The molecule has 15 nitrogen and oxygen atoms in total. The minimum absolute atomic E-state index is 0.0144. The van der Waals surface area contributed by atoms with Crippen LogP contribution < -0.4 is 0 Å². The van der Waals surface area contributed by atoms with E-state index in [1.807, 2.05) is 58.1 Å². The zero-order chi connectivity index (χ0) is 51.4. The minimum atomic E-state index is -2.79. The van der Waals surface area contributed by atoms with Gasteiger partial charge in [0.25, 0.3) is 11.7 Å². The molecule has 4 unspecified atom stereocenters. The van der Waals surface area contributed by atoms with Crippen molar-refractivity contribution in [2.45, 2.75) is 180 Å². The second-order valence-electron chi connectivity index (χ2n) is 20.9. The summed E-state index contributed by atoms with van der Waals surface area (Å²) < 4.78 is 48.2. The standard InChI is InChI=1S/C53H84NO14P/c1-32-18-14-13-15-19-33(2)44(63-8)30-40-23-21-38(7)53(61,67-40)50(58)51(59)54-25-17-16-20-41(54)52(60)66-45(35(4)28-39-22-24-43(46(29-39)64-9)68-69(11,12)62)31-42(55)34(3)27-37(6)48(57)49(65-10)47(56)36(5)26-32/h13-15,18-19,27,32,35-41,43-46,48-49,57,61H,16-17,20-26,28-31H2,1-12H3/t32-,35-,36-,37?,38-,39?,40+,41?,43-,44+,45?,46-,48-,49+,53-/m1/s1. The predicted molar refractivity (Wildman–Crippen MR) is 263 cm³/mol. The maximum absolute atomic E-state index is 14.5. The molecule has 0 aromatic rings. The van der Waals surface area contributed by atoms with Gasteiger partial charge in [0.2, 0.25) is 5.79 Å². The zero-order valence-corrected chi connectivity index (χ0v) is 44.3. The van der Waals surface area contributed by atoms with Crippen LogP contribution in [0.5, 0.6) is 0 Å². The number of hydrogen-bond acceptors (Lipinski definition) is 14. The highest BCUT2D eigenvalue weighted by molar-refractivity contribution is 7.57. The first-order valence-corrected chi connectivity index (χ1v) is 27.7. The first-order valence-electron chi connectivity index (χ1n) is 25.2. The Hall–Kier alpha value is -3.14. The lowest BCUT2D eigenvalue weighted by Gasteiger charge is -2.42. The van der Waals surface area contributed by atoms with Crippen molar-refractivity contribution in [2.24, 2.45) is 35.5 Å². The molecule has 2 saturated heterocycles. The molecule has 1 aliphatic carbocycles. The normalized spacial score (nSPS) is 36.6. The Morgan fingerprint density at radius 2 is 1.58 bits per heavy atom. The average Bonchev–Trinajstić information content (AvgIpc) is 3.30. The van der Waals surface area contributed by atoms with Crippen LogP contribution in [0.15, 0.2) is 47.6 Å². The van der Waals surface area contributed by atoms with Crippen LogP contribution in [-0.2, 0) is 56.7 Å². The third kappa shape index (κ3) is 16.2. The van der Waals surface area contributed by atoms with Gasteiger partial charge in [-0.25, -0.2) is 4.79 Å². The number of piperidine rings is 1. The number of Topliss-reactive ketones (excluding diaryl/α,β-unsaturated/α-hetero) is 3. The van der Waals surface area contributed by atoms with Crippen molar-refractivity contribution in [1.82, 2.24) is 4.90 Å². The van der Waals surface area contributed by atoms with Crippen LogP contribution in [-0.4, -0.2) is 140 Å². The number of amides is 1. The van der Waals surface area contributed by atoms with Crippen molar-refractivity contribution in [3.05, 3.63) is 47.6 Å². The lowest BCUT2D eigenvalue weighted by Crippen LogP contribution is -2.61. The van der Waals surface area contributed by atoms with E-state index in [9.17, 15) is 38.8 Å². The van der Waals surface area contributed by atoms with Gasteiger partial charge in [0.1, 0.15) is 18.2 Å². The van der Waals surface area contributed by atoms with E-state index in [0.717, 1.165) is 12.0 Å². The van der Waals surface area contributed by atoms with Gasteiger partial charge < -0.3 is 43.3 Å². The predicted octanol–water partition coefficient (Wildman–Crippen LogP) is 7.74. The molecule has 2 bridgehead atoms. The summed E-state index contributed by atoms with van der Waals surface area (Å²) in [7, 11) is 1.76. The molecular weight excluding hydrogens is 906 g/mol. The van der Waals surface area contributed by atoms with Crippen LogP contribution in [0.25, 0.3) is 0 Å². The number of aliphatic hydroxyl groups excluding tert-OH is 1. The van der Waals surface area contributed by atoms with Crippen molar-refractivity contribution < 1.29 is 67.0 Å². The molecule has 15 atom stereocenters. The summed E-state index contributed by atoms with van der Waals surface area (Å²) in [5, 5.41) is 23.5. The number of aliphatic hydroxyl groups is 2. The topological polar surface area (TPSA) is 201 Å². The molecule has 0 radical (unpaired) electrons. The van der Waals surface area contributed by atoms with E-state index in [1.165, 1.54) is 12.0 Å². The van der Waals surface area contributed by atoms with Gasteiger partial charge in [-0.3, -0.25) is 23.7 Å². The zero-order valence-electron chi connectivity index (χ0n) is 43.4. The van der Waals surface area contributed by atoms with Gasteiger partial charge in [0.15, 0.2) is 18.9 Å². The molecule has 69 heavy (non-hydrogen) atoms. The molecule has 4 rings (SSSR count). The molecular formula is C53H84NO14P. The number of ether oxygens (including phenoxy) is 5.